The van der Waals surface area contributed by atoms with Gasteiger partial charge in [-0.25, -0.2) is 4.98 Å². The topological polar surface area (TPSA) is 48.1 Å². The van der Waals surface area contributed by atoms with Crippen molar-refractivity contribution >= 4 is 28.6 Å². The number of ether oxygens (including phenoxy) is 1. The fourth-order valence-electron chi connectivity index (χ4n) is 1.63. The number of rotatable bonds is 5. The molecule has 0 fully saturated rings. The molecule has 0 unspecified atom stereocenters. The molecule has 0 saturated heterocycles. The van der Waals surface area contributed by atoms with Gasteiger partial charge in [0.2, 0.25) is 0 Å². The molecule has 5 heteroatoms. The fourth-order valence-corrected chi connectivity index (χ4v) is 2.63. The first-order chi connectivity index (χ1) is 8.68. The molecule has 0 aliphatic rings. The van der Waals surface area contributed by atoms with Crippen LogP contribution in [0.4, 0.5) is 5.69 Å². The molecule has 0 saturated carbocycles. The summed E-state index contributed by atoms with van der Waals surface area (Å²) in [6, 6.07) is 5.49. The van der Waals surface area contributed by atoms with Crippen LogP contribution in [0.3, 0.4) is 0 Å². The lowest BCUT2D eigenvalue weighted by atomic mass is 10.2. The average molecular weight is 283 g/mol. The maximum absolute atomic E-state index is 6.07. The Balaban J connectivity index is 1.84. The molecular formula is C13H15ClN2OS. The van der Waals surface area contributed by atoms with Crippen LogP contribution in [0.2, 0.25) is 5.02 Å². The van der Waals surface area contributed by atoms with Crippen molar-refractivity contribution in [3.63, 3.8) is 0 Å². The molecule has 1 aromatic carbocycles. The third-order valence-electron chi connectivity index (χ3n) is 2.72. The zero-order valence-corrected chi connectivity index (χ0v) is 11.7. The van der Waals surface area contributed by atoms with Gasteiger partial charge in [-0.1, -0.05) is 17.7 Å². The third-order valence-corrected chi connectivity index (χ3v) is 4.07. The second kappa shape index (κ2) is 6.18. The van der Waals surface area contributed by atoms with Gasteiger partial charge in [0, 0.05) is 27.6 Å². The third kappa shape index (κ3) is 3.22. The van der Waals surface area contributed by atoms with Crippen molar-refractivity contribution in [2.24, 2.45) is 0 Å². The summed E-state index contributed by atoms with van der Waals surface area (Å²) in [4.78, 5) is 5.47. The van der Waals surface area contributed by atoms with Gasteiger partial charge in [-0.15, -0.1) is 11.3 Å². The van der Waals surface area contributed by atoms with Crippen molar-refractivity contribution < 1.29 is 4.74 Å². The Hall–Kier alpha value is -1.10. The molecule has 0 bridgehead atoms. The summed E-state index contributed by atoms with van der Waals surface area (Å²) in [5.74, 6) is 0. The summed E-state index contributed by atoms with van der Waals surface area (Å²) in [5.41, 5.74) is 10.3. The Morgan fingerprint density at radius 3 is 2.94 bits per heavy atom. The van der Waals surface area contributed by atoms with Gasteiger partial charge >= 0.3 is 0 Å². The number of nitrogens with two attached hydrogens (primary N) is 1. The van der Waals surface area contributed by atoms with Gasteiger partial charge in [-0.3, -0.25) is 0 Å². The lowest BCUT2D eigenvalue weighted by molar-refractivity contribution is 0.124. The second-order valence-corrected chi connectivity index (χ2v) is 5.32. The first-order valence-corrected chi connectivity index (χ1v) is 6.94. The van der Waals surface area contributed by atoms with Crippen molar-refractivity contribution in [3.05, 3.63) is 44.9 Å². The van der Waals surface area contributed by atoms with Crippen LogP contribution in [0.25, 0.3) is 0 Å². The smallest absolute Gasteiger partial charge is 0.0797 e. The molecule has 0 amide bonds. The van der Waals surface area contributed by atoms with Crippen LogP contribution in [0, 0.1) is 6.92 Å². The monoisotopic (exact) mass is 282 g/mol. The van der Waals surface area contributed by atoms with E-state index >= 15 is 0 Å². The van der Waals surface area contributed by atoms with Crippen LogP contribution in [-0.4, -0.2) is 11.6 Å². The molecule has 2 aromatic rings. The number of benzene rings is 1. The highest BCUT2D eigenvalue weighted by Crippen LogP contribution is 2.22. The van der Waals surface area contributed by atoms with Gasteiger partial charge in [0.15, 0.2) is 0 Å². The Morgan fingerprint density at radius 1 is 1.44 bits per heavy atom. The molecular weight excluding hydrogens is 268 g/mol. The first kappa shape index (κ1) is 13.3. The Labute approximate surface area is 116 Å². The van der Waals surface area contributed by atoms with E-state index in [4.69, 9.17) is 22.1 Å². The van der Waals surface area contributed by atoms with E-state index in [1.807, 2.05) is 30.6 Å². The highest BCUT2D eigenvalue weighted by Gasteiger charge is 2.05. The quantitative estimate of drug-likeness (QED) is 0.675. The summed E-state index contributed by atoms with van der Waals surface area (Å²) in [5, 5.41) is 0.656. The van der Waals surface area contributed by atoms with E-state index in [9.17, 15) is 0 Å². The predicted octanol–water partition coefficient (Wildman–Crippen LogP) is 3.45. The number of hydrogen-bond acceptors (Lipinski definition) is 4. The van der Waals surface area contributed by atoms with Crippen LogP contribution in [-0.2, 0) is 17.8 Å². The van der Waals surface area contributed by atoms with E-state index < -0.39 is 0 Å². The number of anilines is 1. The van der Waals surface area contributed by atoms with Crippen LogP contribution in [0.5, 0.6) is 0 Å². The summed E-state index contributed by atoms with van der Waals surface area (Å²) in [6.45, 7) is 3.11. The molecule has 2 N–H and O–H groups in total. The molecule has 1 aromatic heterocycles. The molecule has 0 spiro atoms. The molecule has 18 heavy (non-hydrogen) atoms. The normalized spacial score (nSPS) is 10.8. The number of aromatic nitrogens is 1. The molecule has 0 atom stereocenters. The van der Waals surface area contributed by atoms with Crippen LogP contribution < -0.4 is 5.73 Å². The SMILES string of the molecule is Cc1ncsc1CCOCc1c(N)cccc1Cl. The van der Waals surface area contributed by atoms with Crippen LogP contribution in [0.1, 0.15) is 16.1 Å². The maximum Gasteiger partial charge on any atom is 0.0797 e. The summed E-state index contributed by atoms with van der Waals surface area (Å²) < 4.78 is 5.62. The standard InChI is InChI=1S/C13H15ClN2OS/c1-9-13(18-8-16-9)5-6-17-7-10-11(14)3-2-4-12(10)15/h2-4,8H,5-7,15H2,1H3. The Bertz CT molecular complexity index is 507. The second-order valence-electron chi connectivity index (χ2n) is 3.97. The van der Waals surface area contributed by atoms with Crippen molar-refractivity contribution in [1.29, 1.82) is 0 Å². The number of aryl methyl sites for hydroxylation is 1. The minimum absolute atomic E-state index is 0.448. The van der Waals surface area contributed by atoms with Gasteiger partial charge in [-0.05, 0) is 19.1 Å². The van der Waals surface area contributed by atoms with Crippen molar-refractivity contribution in [2.45, 2.75) is 20.0 Å². The largest absolute Gasteiger partial charge is 0.398 e. The molecule has 1 heterocycles. The van der Waals surface area contributed by atoms with E-state index in [0.29, 0.717) is 23.9 Å². The van der Waals surface area contributed by atoms with Crippen LogP contribution in [0.15, 0.2) is 23.7 Å². The summed E-state index contributed by atoms with van der Waals surface area (Å²) in [6.07, 6.45) is 0.876. The molecule has 2 rings (SSSR count). The van der Waals surface area contributed by atoms with Crippen molar-refractivity contribution in [3.8, 4) is 0 Å². The Morgan fingerprint density at radius 2 is 2.28 bits per heavy atom. The van der Waals surface area contributed by atoms with E-state index in [1.165, 1.54) is 4.88 Å². The number of nitrogens with zero attached hydrogens (tertiary/aromatic N) is 1. The molecule has 0 aliphatic heterocycles. The minimum atomic E-state index is 0.448. The lowest BCUT2D eigenvalue weighted by Crippen LogP contribution is -2.02. The average Bonchev–Trinajstić information content (AvgIpc) is 2.73. The zero-order chi connectivity index (χ0) is 13.0. The molecule has 3 nitrogen and oxygen atoms in total. The highest BCUT2D eigenvalue weighted by atomic mass is 35.5. The van der Waals surface area contributed by atoms with E-state index in [2.05, 4.69) is 4.98 Å². The number of thiazole rings is 1. The fraction of sp³-hybridized carbons (Fsp3) is 0.308. The van der Waals surface area contributed by atoms with Gasteiger partial charge in [-0.2, -0.15) is 0 Å². The van der Waals surface area contributed by atoms with Crippen molar-refractivity contribution in [1.82, 2.24) is 4.98 Å². The van der Waals surface area contributed by atoms with E-state index in [0.717, 1.165) is 17.7 Å². The van der Waals surface area contributed by atoms with Crippen LogP contribution >= 0.6 is 22.9 Å². The van der Waals surface area contributed by atoms with Gasteiger partial charge in [0.25, 0.3) is 0 Å². The number of halogens is 1. The number of nitrogen functional groups attached to an aromatic ring is 1. The molecule has 0 radical (unpaired) electrons. The van der Waals surface area contributed by atoms with E-state index in [1.54, 1.807) is 11.3 Å². The first-order valence-electron chi connectivity index (χ1n) is 5.68. The van der Waals surface area contributed by atoms with Gasteiger partial charge < -0.3 is 10.5 Å². The minimum Gasteiger partial charge on any atom is -0.398 e. The summed E-state index contributed by atoms with van der Waals surface area (Å²) in [7, 11) is 0. The van der Waals surface area contributed by atoms with Crippen molar-refractivity contribution in [2.75, 3.05) is 12.3 Å². The molecule has 96 valence electrons. The summed E-state index contributed by atoms with van der Waals surface area (Å²) >= 11 is 7.73. The molecule has 0 aliphatic carbocycles. The number of hydrogen-bond donors (Lipinski definition) is 1. The van der Waals surface area contributed by atoms with Gasteiger partial charge in [0.1, 0.15) is 0 Å². The lowest BCUT2D eigenvalue weighted by Gasteiger charge is -2.08. The predicted molar refractivity (Wildman–Crippen MR) is 76.1 cm³/mol. The highest BCUT2D eigenvalue weighted by molar-refractivity contribution is 7.09. The van der Waals surface area contributed by atoms with Gasteiger partial charge in [0.05, 0.1) is 24.4 Å². The van der Waals surface area contributed by atoms with E-state index in [-0.39, 0.29) is 0 Å². The maximum atomic E-state index is 6.07. The zero-order valence-electron chi connectivity index (χ0n) is 10.1. The Kier molecular flexibility index (Phi) is 4.58.